The number of anilines is 2. The summed E-state index contributed by atoms with van der Waals surface area (Å²) < 4.78 is 10.8. The summed E-state index contributed by atoms with van der Waals surface area (Å²) in [4.78, 5) is 20.6. The lowest BCUT2D eigenvalue weighted by Gasteiger charge is -2.61. The van der Waals surface area contributed by atoms with Crippen LogP contribution in [-0.4, -0.2) is 60.2 Å². The molecule has 3 aromatic heterocycles. The molecule has 7 rings (SSSR count). The molecule has 0 amide bonds. The Labute approximate surface area is 203 Å². The number of hydrogen-bond acceptors (Lipinski definition) is 7. The zero-order chi connectivity index (χ0) is 24.5. The molecular weight excluding hydrogens is 446 g/mol. The predicted molar refractivity (Wildman–Crippen MR) is 132 cm³/mol. The summed E-state index contributed by atoms with van der Waals surface area (Å²) in [6.45, 7) is 3.71. The topological polar surface area (TPSA) is 102 Å². The molecule has 10 nitrogen and oxygen atoms in total. The molecule has 4 fully saturated rings. The number of hydrogen-bond donors (Lipinski definition) is 2. The van der Waals surface area contributed by atoms with Crippen molar-refractivity contribution in [2.75, 3.05) is 19.5 Å². The van der Waals surface area contributed by atoms with E-state index in [1.165, 1.54) is 6.08 Å². The molecule has 3 atom stereocenters. The lowest BCUT2D eigenvalue weighted by Crippen LogP contribution is -2.56. The third-order valence-corrected chi connectivity index (χ3v) is 8.50. The summed E-state index contributed by atoms with van der Waals surface area (Å²) in [6, 6.07) is 0.196. The van der Waals surface area contributed by atoms with Crippen molar-refractivity contribution in [2.24, 2.45) is 13.0 Å². The molecule has 10 heteroatoms. The van der Waals surface area contributed by atoms with Crippen molar-refractivity contribution in [3.8, 4) is 5.88 Å². The highest BCUT2D eigenvalue weighted by Crippen LogP contribution is 2.65. The molecule has 2 N–H and O–H groups in total. The number of ether oxygens (including phenoxy) is 1. The van der Waals surface area contributed by atoms with Gasteiger partial charge in [0, 0.05) is 30.7 Å². The van der Waals surface area contributed by atoms with Gasteiger partial charge in [0.05, 0.1) is 30.9 Å². The van der Waals surface area contributed by atoms with Crippen molar-refractivity contribution in [1.29, 1.82) is 0 Å². The van der Waals surface area contributed by atoms with Crippen LogP contribution in [0.4, 0.5) is 11.4 Å². The van der Waals surface area contributed by atoms with Gasteiger partial charge < -0.3 is 15.2 Å². The van der Waals surface area contributed by atoms with Crippen molar-refractivity contribution in [1.82, 2.24) is 28.6 Å². The normalized spacial score (nSPS) is 28.1. The summed E-state index contributed by atoms with van der Waals surface area (Å²) in [7, 11) is 5.34. The van der Waals surface area contributed by atoms with Crippen LogP contribution >= 0.6 is 0 Å². The van der Waals surface area contributed by atoms with E-state index in [1.807, 2.05) is 46.6 Å². The van der Waals surface area contributed by atoms with Gasteiger partial charge in [-0.3, -0.25) is 14.1 Å². The predicted octanol–water partition coefficient (Wildman–Crippen LogP) is 2.56. The van der Waals surface area contributed by atoms with E-state index in [0.717, 1.165) is 61.5 Å². The zero-order valence-electron chi connectivity index (χ0n) is 20.5. The number of fused-ring (bicyclic) bond motifs is 1. The lowest BCUT2D eigenvalue weighted by molar-refractivity contribution is -0.0318. The monoisotopic (exact) mass is 479 g/mol. The van der Waals surface area contributed by atoms with E-state index in [2.05, 4.69) is 17.0 Å². The fraction of sp³-hybridized carbons (Fsp3) is 0.560. The number of rotatable bonds is 8. The van der Waals surface area contributed by atoms with Crippen LogP contribution in [0.1, 0.15) is 50.3 Å². The Morgan fingerprint density at radius 1 is 1.31 bits per heavy atom. The van der Waals surface area contributed by atoms with Crippen molar-refractivity contribution >= 4 is 17.0 Å². The van der Waals surface area contributed by atoms with Gasteiger partial charge in [-0.25, -0.2) is 14.2 Å². The Bertz CT molecular complexity index is 1340. The second-order valence-corrected chi connectivity index (χ2v) is 10.6. The fourth-order valence-electron chi connectivity index (χ4n) is 6.41. The van der Waals surface area contributed by atoms with Crippen LogP contribution < -0.4 is 15.7 Å². The second-order valence-electron chi connectivity index (χ2n) is 10.6. The highest BCUT2D eigenvalue weighted by atomic mass is 16.5. The van der Waals surface area contributed by atoms with E-state index >= 15 is 0 Å². The van der Waals surface area contributed by atoms with Crippen LogP contribution in [0.25, 0.3) is 5.65 Å². The first-order valence-electron chi connectivity index (χ1n) is 12.3. The minimum absolute atomic E-state index is 0.0241. The van der Waals surface area contributed by atoms with Crippen molar-refractivity contribution in [3.63, 3.8) is 0 Å². The molecule has 0 saturated heterocycles. The summed E-state index contributed by atoms with van der Waals surface area (Å²) >= 11 is 0. The first-order chi connectivity index (χ1) is 16.8. The largest absolute Gasteiger partial charge is 0.478 e. The molecule has 186 valence electrons. The number of aliphatic hydroxyl groups is 1. The molecule has 2 bridgehead atoms. The molecule has 3 unspecified atom stereocenters. The average Bonchev–Trinajstić information content (AvgIpc) is 3.51. The van der Waals surface area contributed by atoms with Gasteiger partial charge in [0.1, 0.15) is 11.9 Å². The molecule has 4 aliphatic rings. The van der Waals surface area contributed by atoms with Gasteiger partial charge >= 0.3 is 5.69 Å². The van der Waals surface area contributed by atoms with Crippen molar-refractivity contribution < 1.29 is 9.84 Å². The first kappa shape index (κ1) is 22.4. The van der Waals surface area contributed by atoms with Crippen LogP contribution in [-0.2, 0) is 12.5 Å². The van der Waals surface area contributed by atoms with Gasteiger partial charge in [-0.05, 0) is 57.6 Å². The maximum absolute atomic E-state index is 13.9. The lowest BCUT2D eigenvalue weighted by atomic mass is 9.43. The highest BCUT2D eigenvalue weighted by molar-refractivity contribution is 5.75. The number of aliphatic hydroxyl groups excluding tert-OH is 1. The van der Waals surface area contributed by atoms with E-state index in [0.29, 0.717) is 11.5 Å². The second kappa shape index (κ2) is 7.96. The third-order valence-electron chi connectivity index (χ3n) is 8.50. The molecule has 0 aromatic carbocycles. The number of methoxy groups -OCH3 is 1. The average molecular weight is 480 g/mol. The van der Waals surface area contributed by atoms with Gasteiger partial charge in [-0.15, -0.1) is 5.10 Å². The maximum Gasteiger partial charge on any atom is 0.334 e. The molecule has 3 aromatic rings. The van der Waals surface area contributed by atoms with Crippen LogP contribution in [0, 0.1) is 5.92 Å². The molecule has 35 heavy (non-hydrogen) atoms. The van der Waals surface area contributed by atoms with Crippen LogP contribution in [0.2, 0.25) is 0 Å². The molecule has 3 heterocycles. The van der Waals surface area contributed by atoms with Crippen LogP contribution in [0.5, 0.6) is 5.88 Å². The smallest absolute Gasteiger partial charge is 0.334 e. The Balaban J connectivity index is 1.43. The van der Waals surface area contributed by atoms with E-state index in [-0.39, 0.29) is 23.2 Å². The van der Waals surface area contributed by atoms with Gasteiger partial charge in [-0.1, -0.05) is 6.58 Å². The molecule has 0 radical (unpaired) electrons. The molecule has 4 saturated carbocycles. The molecule has 0 spiro atoms. The minimum atomic E-state index is -0.697. The van der Waals surface area contributed by atoms with E-state index < -0.39 is 6.23 Å². The molecular formula is C25H33N7O3. The quantitative estimate of drug-likeness (QED) is 0.378. The number of aromatic nitrogens is 5. The number of nitrogens with one attached hydrogen (secondary N) is 1. The Morgan fingerprint density at radius 3 is 2.74 bits per heavy atom. The van der Waals surface area contributed by atoms with Gasteiger partial charge in [0.2, 0.25) is 0 Å². The summed E-state index contributed by atoms with van der Waals surface area (Å²) in [5.74, 6) is 1.28. The SMILES string of the molecule is C=CC(O)N(C)C1CCC(n2cc(Nc3cn(C)nc3OC)c3ncc(C45CC(C4)C5)n3c2=O)C1. The van der Waals surface area contributed by atoms with Gasteiger partial charge in [-0.2, -0.15) is 0 Å². The fourth-order valence-corrected chi connectivity index (χ4v) is 6.41. The molecule has 4 aliphatic carbocycles. The number of aryl methyl sites for hydroxylation is 1. The van der Waals surface area contributed by atoms with Crippen LogP contribution in [0.15, 0.2) is 36.0 Å². The summed E-state index contributed by atoms with van der Waals surface area (Å²) in [6.07, 6.45) is 12.4. The van der Waals surface area contributed by atoms with E-state index in [9.17, 15) is 9.90 Å². The number of likely N-dealkylation sites (N-methyl/N-ethyl adjacent to an activating group) is 1. The zero-order valence-corrected chi connectivity index (χ0v) is 20.5. The summed E-state index contributed by atoms with van der Waals surface area (Å²) in [5, 5.41) is 18.0. The third kappa shape index (κ3) is 3.34. The maximum atomic E-state index is 13.9. The Kier molecular flexibility index (Phi) is 5.08. The minimum Gasteiger partial charge on any atom is -0.478 e. The van der Waals surface area contributed by atoms with Crippen molar-refractivity contribution in [3.05, 3.63) is 47.4 Å². The standard InChI is InChI=1S/C25H33N7O3/c1-5-21(33)30(3)16-6-7-17(8-16)31-14-18(27-19-13-29(2)28-23(19)35-4)22-26-12-20(32(22)24(31)34)25-9-15(10-25)11-25/h5,12-17,21,27,33H,1,6-11H2,2-4H3. The number of imidazole rings is 1. The summed E-state index contributed by atoms with van der Waals surface area (Å²) in [5.41, 5.74) is 3.18. The molecule has 0 aliphatic heterocycles. The Morgan fingerprint density at radius 2 is 2.09 bits per heavy atom. The van der Waals surface area contributed by atoms with Gasteiger partial charge in [0.25, 0.3) is 5.88 Å². The Hall–Kier alpha value is -3.11. The highest BCUT2D eigenvalue weighted by Gasteiger charge is 2.59. The first-order valence-corrected chi connectivity index (χ1v) is 12.3. The van der Waals surface area contributed by atoms with Gasteiger partial charge in [0.15, 0.2) is 5.65 Å². The van der Waals surface area contributed by atoms with Crippen molar-refractivity contribution in [2.45, 2.75) is 62.3 Å². The van der Waals surface area contributed by atoms with Crippen LogP contribution in [0.3, 0.4) is 0 Å². The van der Waals surface area contributed by atoms with E-state index in [1.54, 1.807) is 11.8 Å². The van der Waals surface area contributed by atoms with E-state index in [4.69, 9.17) is 9.72 Å². The number of nitrogens with zero attached hydrogens (tertiary/aromatic N) is 6.